The Morgan fingerprint density at radius 3 is 2.95 bits per heavy atom. The number of carbonyl (C=O) groups is 1. The first kappa shape index (κ1) is 15.4. The average Bonchev–Trinajstić information content (AvgIpc) is 2.97. The summed E-state index contributed by atoms with van der Waals surface area (Å²) in [5, 5.41) is 5.94. The molecule has 1 aromatic rings. The molecule has 0 radical (unpaired) electrons. The monoisotopic (exact) mass is 305 g/mol. The van der Waals surface area contributed by atoms with Crippen molar-refractivity contribution in [1.82, 2.24) is 15.5 Å². The van der Waals surface area contributed by atoms with Gasteiger partial charge in [0.2, 0.25) is 0 Å². The molecule has 2 heterocycles. The fraction of sp³-hybridized carbons (Fsp3) is 0.706. The molecule has 5 heteroatoms. The molecule has 1 aliphatic carbocycles. The molecule has 1 aromatic heterocycles. The molecule has 1 saturated heterocycles. The molecular formula is C17H27N3O2. The summed E-state index contributed by atoms with van der Waals surface area (Å²) in [6.45, 7) is 4.93. The molecule has 2 atom stereocenters. The average molecular weight is 305 g/mol. The van der Waals surface area contributed by atoms with E-state index in [0.29, 0.717) is 12.5 Å². The molecule has 2 N–H and O–H groups in total. The van der Waals surface area contributed by atoms with Crippen LogP contribution in [0.25, 0.3) is 0 Å². The van der Waals surface area contributed by atoms with Crippen LogP contribution in [0.3, 0.4) is 0 Å². The molecule has 2 aliphatic rings. The third-order valence-corrected chi connectivity index (χ3v) is 5.15. The Hall–Kier alpha value is -1.49. The number of hydrogen-bond donors (Lipinski definition) is 2. The minimum atomic E-state index is -0.107. The highest BCUT2D eigenvalue weighted by atomic mass is 16.3. The van der Waals surface area contributed by atoms with Gasteiger partial charge in [-0.1, -0.05) is 6.42 Å². The second kappa shape index (κ2) is 7.18. The Balaban J connectivity index is 1.42. The highest BCUT2D eigenvalue weighted by Crippen LogP contribution is 2.30. The van der Waals surface area contributed by atoms with Crippen LogP contribution in [-0.4, -0.2) is 36.1 Å². The highest BCUT2D eigenvalue weighted by Gasteiger charge is 2.31. The van der Waals surface area contributed by atoms with Crippen LogP contribution in [0.4, 0.5) is 4.79 Å². The molecule has 2 fully saturated rings. The Labute approximate surface area is 132 Å². The summed E-state index contributed by atoms with van der Waals surface area (Å²) in [6, 6.07) is 4.60. The van der Waals surface area contributed by atoms with E-state index in [1.807, 2.05) is 12.1 Å². The SMILES string of the molecule is C[C@@H](NC(=O)NCc1ccco1)[C@@H]1CCCN(C2CCC2)C1. The van der Waals surface area contributed by atoms with E-state index in [2.05, 4.69) is 22.5 Å². The van der Waals surface area contributed by atoms with Gasteiger partial charge in [0.15, 0.2) is 0 Å². The second-order valence-corrected chi connectivity index (χ2v) is 6.68. The van der Waals surface area contributed by atoms with Crippen molar-refractivity contribution in [1.29, 1.82) is 0 Å². The number of urea groups is 1. The van der Waals surface area contributed by atoms with Crippen molar-refractivity contribution >= 4 is 6.03 Å². The maximum atomic E-state index is 12.0. The van der Waals surface area contributed by atoms with Crippen LogP contribution in [0.5, 0.6) is 0 Å². The third kappa shape index (κ3) is 3.83. The zero-order chi connectivity index (χ0) is 15.4. The van der Waals surface area contributed by atoms with E-state index in [4.69, 9.17) is 4.42 Å². The molecule has 22 heavy (non-hydrogen) atoms. The Morgan fingerprint density at radius 2 is 2.27 bits per heavy atom. The van der Waals surface area contributed by atoms with Crippen LogP contribution >= 0.6 is 0 Å². The van der Waals surface area contributed by atoms with Crippen molar-refractivity contribution in [3.63, 3.8) is 0 Å². The molecular weight excluding hydrogens is 278 g/mol. The maximum absolute atomic E-state index is 12.0. The van der Waals surface area contributed by atoms with Gasteiger partial charge in [-0.2, -0.15) is 0 Å². The van der Waals surface area contributed by atoms with E-state index in [1.54, 1.807) is 6.26 Å². The van der Waals surface area contributed by atoms with E-state index < -0.39 is 0 Å². The number of rotatable bonds is 5. The second-order valence-electron chi connectivity index (χ2n) is 6.68. The third-order valence-electron chi connectivity index (χ3n) is 5.15. The van der Waals surface area contributed by atoms with Crippen molar-refractivity contribution in [3.05, 3.63) is 24.2 Å². The van der Waals surface area contributed by atoms with Crippen molar-refractivity contribution in [2.45, 2.75) is 57.7 Å². The molecule has 5 nitrogen and oxygen atoms in total. The van der Waals surface area contributed by atoms with Gasteiger partial charge in [-0.15, -0.1) is 0 Å². The smallest absolute Gasteiger partial charge is 0.315 e. The number of furan rings is 1. The van der Waals surface area contributed by atoms with Gasteiger partial charge in [0.1, 0.15) is 5.76 Å². The first-order chi connectivity index (χ1) is 10.7. The molecule has 0 spiro atoms. The van der Waals surface area contributed by atoms with E-state index in [0.717, 1.165) is 18.3 Å². The minimum absolute atomic E-state index is 0.107. The highest BCUT2D eigenvalue weighted by molar-refractivity contribution is 5.74. The number of amides is 2. The molecule has 0 aromatic carbocycles. The number of hydrogen-bond acceptors (Lipinski definition) is 3. The fourth-order valence-corrected chi connectivity index (χ4v) is 3.49. The lowest BCUT2D eigenvalue weighted by atomic mass is 9.86. The summed E-state index contributed by atoms with van der Waals surface area (Å²) < 4.78 is 5.22. The largest absolute Gasteiger partial charge is 0.467 e. The minimum Gasteiger partial charge on any atom is -0.467 e. The molecule has 2 amide bonds. The molecule has 3 rings (SSSR count). The number of nitrogens with one attached hydrogen (secondary N) is 2. The predicted molar refractivity (Wildman–Crippen MR) is 85.5 cm³/mol. The summed E-state index contributed by atoms with van der Waals surface area (Å²) in [5.74, 6) is 1.33. The van der Waals surface area contributed by atoms with Crippen LogP contribution in [0.15, 0.2) is 22.8 Å². The van der Waals surface area contributed by atoms with Crippen molar-refractivity contribution < 1.29 is 9.21 Å². The normalized spacial score (nSPS) is 24.5. The Bertz CT molecular complexity index is 470. The molecule has 1 saturated carbocycles. The quantitative estimate of drug-likeness (QED) is 0.879. The van der Waals surface area contributed by atoms with Gasteiger partial charge in [-0.3, -0.25) is 0 Å². The summed E-state index contributed by atoms with van der Waals surface area (Å²) in [7, 11) is 0. The van der Waals surface area contributed by atoms with Crippen LogP contribution in [0.1, 0.15) is 44.8 Å². The Morgan fingerprint density at radius 1 is 1.41 bits per heavy atom. The summed E-state index contributed by atoms with van der Waals surface area (Å²) in [4.78, 5) is 14.6. The van der Waals surface area contributed by atoms with Crippen molar-refractivity contribution in [2.24, 2.45) is 5.92 Å². The zero-order valence-electron chi connectivity index (χ0n) is 13.4. The van der Waals surface area contributed by atoms with Gasteiger partial charge in [-0.25, -0.2) is 4.79 Å². The molecule has 1 aliphatic heterocycles. The van der Waals surface area contributed by atoms with Crippen molar-refractivity contribution in [2.75, 3.05) is 13.1 Å². The first-order valence-corrected chi connectivity index (χ1v) is 8.53. The van der Waals surface area contributed by atoms with Gasteiger partial charge >= 0.3 is 6.03 Å². The van der Waals surface area contributed by atoms with Crippen LogP contribution in [0, 0.1) is 5.92 Å². The van der Waals surface area contributed by atoms with E-state index in [-0.39, 0.29) is 12.1 Å². The van der Waals surface area contributed by atoms with Crippen LogP contribution in [-0.2, 0) is 6.54 Å². The first-order valence-electron chi connectivity index (χ1n) is 8.53. The topological polar surface area (TPSA) is 57.5 Å². The molecule has 0 unspecified atom stereocenters. The predicted octanol–water partition coefficient (Wildman–Crippen LogP) is 2.73. The fourth-order valence-electron chi connectivity index (χ4n) is 3.49. The molecule has 0 bridgehead atoms. The Kier molecular flexibility index (Phi) is 5.03. The maximum Gasteiger partial charge on any atom is 0.315 e. The number of nitrogens with zero attached hydrogens (tertiary/aromatic N) is 1. The van der Waals surface area contributed by atoms with Crippen molar-refractivity contribution in [3.8, 4) is 0 Å². The lowest BCUT2D eigenvalue weighted by Crippen LogP contribution is -2.52. The van der Waals surface area contributed by atoms with Gasteiger partial charge in [0, 0.05) is 18.6 Å². The summed E-state index contributed by atoms with van der Waals surface area (Å²) in [6.07, 6.45) is 8.18. The van der Waals surface area contributed by atoms with E-state index >= 15 is 0 Å². The zero-order valence-corrected chi connectivity index (χ0v) is 13.4. The lowest BCUT2D eigenvalue weighted by molar-refractivity contribution is 0.0678. The van der Waals surface area contributed by atoms with E-state index in [9.17, 15) is 4.79 Å². The van der Waals surface area contributed by atoms with Crippen LogP contribution in [0.2, 0.25) is 0 Å². The van der Waals surface area contributed by atoms with Gasteiger partial charge in [0.25, 0.3) is 0 Å². The van der Waals surface area contributed by atoms with Gasteiger partial charge < -0.3 is 20.0 Å². The number of carbonyl (C=O) groups excluding carboxylic acids is 1. The van der Waals surface area contributed by atoms with Crippen LogP contribution < -0.4 is 10.6 Å². The standard InChI is InChI=1S/C17H27N3O2/c1-13(19-17(21)18-11-16-8-4-10-22-16)14-5-3-9-20(12-14)15-6-2-7-15/h4,8,10,13-15H,2-3,5-7,9,11-12H2,1H3,(H2,18,19,21)/t13-,14-/m1/s1. The number of piperidine rings is 1. The lowest BCUT2D eigenvalue weighted by Gasteiger charge is -2.43. The number of likely N-dealkylation sites (tertiary alicyclic amines) is 1. The summed E-state index contributed by atoms with van der Waals surface area (Å²) >= 11 is 0. The van der Waals surface area contributed by atoms with E-state index in [1.165, 1.54) is 38.6 Å². The molecule has 122 valence electrons. The van der Waals surface area contributed by atoms with Gasteiger partial charge in [-0.05, 0) is 57.2 Å². The summed E-state index contributed by atoms with van der Waals surface area (Å²) in [5.41, 5.74) is 0. The van der Waals surface area contributed by atoms with Gasteiger partial charge in [0.05, 0.1) is 12.8 Å².